The number of phenols is 1. The third-order valence-electron chi connectivity index (χ3n) is 3.09. The van der Waals surface area contributed by atoms with Crippen molar-refractivity contribution in [2.45, 2.75) is 26.7 Å². The molecule has 0 saturated carbocycles. The molecule has 0 heterocycles. The smallest absolute Gasteiger partial charge is 0.224 e. The van der Waals surface area contributed by atoms with Crippen molar-refractivity contribution in [3.05, 3.63) is 18.2 Å². The van der Waals surface area contributed by atoms with Gasteiger partial charge in [0.2, 0.25) is 5.91 Å². The second kappa shape index (κ2) is 7.75. The van der Waals surface area contributed by atoms with E-state index < -0.39 is 0 Å². The first-order valence-electron chi connectivity index (χ1n) is 6.83. The van der Waals surface area contributed by atoms with Gasteiger partial charge in [0.15, 0.2) is 0 Å². The van der Waals surface area contributed by atoms with Gasteiger partial charge in [-0.3, -0.25) is 4.79 Å². The average molecular weight is 280 g/mol. The molecule has 112 valence electrons. The van der Waals surface area contributed by atoms with Gasteiger partial charge in [0, 0.05) is 12.5 Å². The van der Waals surface area contributed by atoms with E-state index in [1.165, 1.54) is 13.2 Å². The first-order valence-corrected chi connectivity index (χ1v) is 6.83. The van der Waals surface area contributed by atoms with Crippen LogP contribution < -0.4 is 15.8 Å². The summed E-state index contributed by atoms with van der Waals surface area (Å²) < 4.78 is 5.06. The molecule has 1 rings (SSSR count). The highest BCUT2D eigenvalue weighted by Crippen LogP contribution is 2.28. The van der Waals surface area contributed by atoms with E-state index in [9.17, 15) is 9.90 Å². The molecule has 0 radical (unpaired) electrons. The van der Waals surface area contributed by atoms with E-state index in [4.69, 9.17) is 10.5 Å². The highest BCUT2D eigenvalue weighted by atomic mass is 16.5. The summed E-state index contributed by atoms with van der Waals surface area (Å²) in [7, 11) is 1.53. The molecule has 0 spiro atoms. The molecule has 1 aromatic carbocycles. The van der Waals surface area contributed by atoms with Gasteiger partial charge in [0.05, 0.1) is 12.8 Å². The number of amides is 1. The Morgan fingerprint density at radius 2 is 2.15 bits per heavy atom. The molecule has 0 fully saturated rings. The number of nitrogens with two attached hydrogens (primary N) is 1. The summed E-state index contributed by atoms with van der Waals surface area (Å²) in [6, 6.07) is 4.71. The molecule has 0 aliphatic carbocycles. The molecule has 0 aliphatic rings. The summed E-state index contributed by atoms with van der Waals surface area (Å²) in [5, 5.41) is 12.4. The fourth-order valence-corrected chi connectivity index (χ4v) is 2.14. The molecule has 0 saturated heterocycles. The van der Waals surface area contributed by atoms with Crippen molar-refractivity contribution in [1.82, 2.24) is 0 Å². The molecular weight excluding hydrogens is 256 g/mol. The number of nitrogens with one attached hydrogen (secondary N) is 1. The lowest BCUT2D eigenvalue weighted by Crippen LogP contribution is -2.23. The minimum atomic E-state index is -0.148. The second-order valence-electron chi connectivity index (χ2n) is 5.37. The molecule has 0 bridgehead atoms. The number of aromatic hydroxyl groups is 1. The topological polar surface area (TPSA) is 84.6 Å². The number of hydrogen-bond donors (Lipinski definition) is 3. The van der Waals surface area contributed by atoms with Gasteiger partial charge in [-0.25, -0.2) is 0 Å². The van der Waals surface area contributed by atoms with Crippen molar-refractivity contribution in [3.63, 3.8) is 0 Å². The first-order chi connectivity index (χ1) is 9.46. The third-order valence-corrected chi connectivity index (χ3v) is 3.09. The molecule has 1 atom stereocenters. The fraction of sp³-hybridized carbons (Fsp3) is 0.533. The van der Waals surface area contributed by atoms with Crippen LogP contribution in [0.15, 0.2) is 18.2 Å². The number of rotatable bonds is 7. The Kier molecular flexibility index (Phi) is 6.31. The molecule has 20 heavy (non-hydrogen) atoms. The minimum absolute atomic E-state index is 0.0207. The van der Waals surface area contributed by atoms with E-state index >= 15 is 0 Å². The Morgan fingerprint density at radius 1 is 1.45 bits per heavy atom. The molecule has 1 aromatic rings. The lowest BCUT2D eigenvalue weighted by molar-refractivity contribution is -0.117. The van der Waals surface area contributed by atoms with Crippen LogP contribution in [-0.4, -0.2) is 24.7 Å². The summed E-state index contributed by atoms with van der Waals surface area (Å²) in [6.07, 6.45) is 1.26. The molecule has 0 unspecified atom stereocenters. The van der Waals surface area contributed by atoms with Crippen molar-refractivity contribution < 1.29 is 14.6 Å². The van der Waals surface area contributed by atoms with Gasteiger partial charge in [0.1, 0.15) is 11.5 Å². The van der Waals surface area contributed by atoms with Gasteiger partial charge < -0.3 is 20.9 Å². The molecular formula is C15H24N2O3. The minimum Gasteiger partial charge on any atom is -0.506 e. The predicted octanol–water partition coefficient (Wildman–Crippen LogP) is 2.35. The maximum Gasteiger partial charge on any atom is 0.224 e. The monoisotopic (exact) mass is 280 g/mol. The van der Waals surface area contributed by atoms with Gasteiger partial charge in [-0.1, -0.05) is 13.8 Å². The molecule has 4 N–H and O–H groups in total. The lowest BCUT2D eigenvalue weighted by atomic mass is 9.94. The van der Waals surface area contributed by atoms with E-state index in [0.29, 0.717) is 30.3 Å². The van der Waals surface area contributed by atoms with Crippen molar-refractivity contribution in [1.29, 1.82) is 0 Å². The summed E-state index contributed by atoms with van der Waals surface area (Å²) in [5.41, 5.74) is 6.05. The van der Waals surface area contributed by atoms with Crippen LogP contribution in [0.25, 0.3) is 0 Å². The Morgan fingerprint density at radius 3 is 2.70 bits per heavy atom. The molecule has 5 heteroatoms. The average Bonchev–Trinajstić information content (AvgIpc) is 2.40. The maximum atomic E-state index is 12.0. The summed E-state index contributed by atoms with van der Waals surface area (Å²) in [6.45, 7) is 4.69. The number of ether oxygens (including phenoxy) is 1. The van der Waals surface area contributed by atoms with E-state index in [1.54, 1.807) is 12.1 Å². The van der Waals surface area contributed by atoms with Crippen LogP contribution in [0, 0.1) is 11.8 Å². The van der Waals surface area contributed by atoms with Gasteiger partial charge >= 0.3 is 0 Å². The van der Waals surface area contributed by atoms with Crippen LogP contribution in [-0.2, 0) is 4.79 Å². The number of anilines is 1. The number of carbonyl (C=O) groups excluding carboxylic acids is 1. The Bertz CT molecular complexity index is 447. The maximum absolute atomic E-state index is 12.0. The van der Waals surface area contributed by atoms with Crippen LogP contribution in [0.2, 0.25) is 0 Å². The summed E-state index contributed by atoms with van der Waals surface area (Å²) in [5.74, 6) is 1.11. The zero-order valence-corrected chi connectivity index (χ0v) is 12.3. The Balaban J connectivity index is 2.65. The van der Waals surface area contributed by atoms with Crippen LogP contribution in [0.4, 0.5) is 5.69 Å². The highest BCUT2D eigenvalue weighted by Gasteiger charge is 2.15. The van der Waals surface area contributed by atoms with Crippen LogP contribution in [0.5, 0.6) is 11.5 Å². The molecule has 0 aliphatic heterocycles. The number of hydrogen-bond acceptors (Lipinski definition) is 4. The van der Waals surface area contributed by atoms with Crippen molar-refractivity contribution in [2.75, 3.05) is 19.0 Å². The predicted molar refractivity (Wildman–Crippen MR) is 79.9 cm³/mol. The van der Waals surface area contributed by atoms with Crippen LogP contribution in [0.3, 0.4) is 0 Å². The normalized spacial score (nSPS) is 12.2. The van der Waals surface area contributed by atoms with Crippen molar-refractivity contribution in [3.8, 4) is 11.5 Å². The van der Waals surface area contributed by atoms with Crippen molar-refractivity contribution >= 4 is 11.6 Å². The number of phenolic OH excluding ortho intramolecular Hbond substituents is 1. The zero-order valence-electron chi connectivity index (χ0n) is 12.3. The van der Waals surface area contributed by atoms with E-state index in [2.05, 4.69) is 19.2 Å². The van der Waals surface area contributed by atoms with E-state index in [-0.39, 0.29) is 17.6 Å². The number of benzene rings is 1. The third kappa shape index (κ3) is 5.09. The van der Waals surface area contributed by atoms with Crippen LogP contribution >= 0.6 is 0 Å². The summed E-state index contributed by atoms with van der Waals surface area (Å²) in [4.78, 5) is 12.0. The summed E-state index contributed by atoms with van der Waals surface area (Å²) >= 11 is 0. The van der Waals surface area contributed by atoms with Crippen LogP contribution in [0.1, 0.15) is 26.7 Å². The van der Waals surface area contributed by atoms with E-state index in [0.717, 1.165) is 6.42 Å². The number of methoxy groups -OCH3 is 1. The second-order valence-corrected chi connectivity index (χ2v) is 5.37. The largest absolute Gasteiger partial charge is 0.506 e. The van der Waals surface area contributed by atoms with Gasteiger partial charge in [-0.05, 0) is 36.9 Å². The standard InChI is InChI=1S/C15H24N2O3/c1-10(2)6-11(9-16)7-15(19)17-13-8-12(20-3)4-5-14(13)18/h4-5,8,10-11,18H,6-7,9,16H2,1-3H3,(H,17,19)/t11-/m0/s1. The highest BCUT2D eigenvalue weighted by molar-refractivity contribution is 5.92. The van der Waals surface area contributed by atoms with Crippen molar-refractivity contribution in [2.24, 2.45) is 17.6 Å². The number of carbonyl (C=O) groups is 1. The van der Waals surface area contributed by atoms with Gasteiger partial charge in [0.25, 0.3) is 0 Å². The quantitative estimate of drug-likeness (QED) is 0.669. The Hall–Kier alpha value is -1.75. The van der Waals surface area contributed by atoms with E-state index in [1.807, 2.05) is 0 Å². The molecule has 5 nitrogen and oxygen atoms in total. The fourth-order valence-electron chi connectivity index (χ4n) is 2.14. The van der Waals surface area contributed by atoms with Gasteiger partial charge in [-0.2, -0.15) is 0 Å². The van der Waals surface area contributed by atoms with Gasteiger partial charge in [-0.15, -0.1) is 0 Å². The Labute approximate surface area is 120 Å². The molecule has 1 amide bonds. The molecule has 0 aromatic heterocycles. The lowest BCUT2D eigenvalue weighted by Gasteiger charge is -2.17. The first kappa shape index (κ1) is 16.3. The SMILES string of the molecule is COc1ccc(O)c(NC(=O)C[C@@H](CN)CC(C)C)c1. The zero-order chi connectivity index (χ0) is 15.1.